The van der Waals surface area contributed by atoms with Crippen molar-refractivity contribution < 1.29 is 8.42 Å². The van der Waals surface area contributed by atoms with Gasteiger partial charge < -0.3 is 5.73 Å². The minimum atomic E-state index is -3.47. The molecule has 0 unspecified atom stereocenters. The molecule has 0 heterocycles. The first-order valence-corrected chi connectivity index (χ1v) is 9.21. The number of halogens is 1. The van der Waals surface area contributed by atoms with Gasteiger partial charge in [0.05, 0.1) is 4.90 Å². The molecule has 112 valence electrons. The largest absolute Gasteiger partial charge is 0.398 e. The van der Waals surface area contributed by atoms with Gasteiger partial charge in [-0.25, -0.2) is 13.1 Å². The molecule has 20 heavy (non-hydrogen) atoms. The second kappa shape index (κ2) is 6.03. The first-order valence-electron chi connectivity index (χ1n) is 6.93. The van der Waals surface area contributed by atoms with Crippen molar-refractivity contribution in [1.82, 2.24) is 4.72 Å². The van der Waals surface area contributed by atoms with Gasteiger partial charge in [-0.15, -0.1) is 0 Å². The summed E-state index contributed by atoms with van der Waals surface area (Å²) in [6.45, 7) is 2.66. The van der Waals surface area contributed by atoms with E-state index in [9.17, 15) is 8.42 Å². The fourth-order valence-electron chi connectivity index (χ4n) is 2.79. The molecule has 0 amide bonds. The smallest absolute Gasteiger partial charge is 0.240 e. The predicted octanol–water partition coefficient (Wildman–Crippen LogP) is 3.28. The van der Waals surface area contributed by atoms with Gasteiger partial charge in [0.1, 0.15) is 0 Å². The van der Waals surface area contributed by atoms with Crippen LogP contribution < -0.4 is 10.5 Å². The minimum Gasteiger partial charge on any atom is -0.398 e. The topological polar surface area (TPSA) is 72.2 Å². The highest BCUT2D eigenvalue weighted by molar-refractivity contribution is 9.10. The fraction of sp³-hybridized carbons (Fsp3) is 0.571. The fourth-order valence-corrected chi connectivity index (χ4v) is 4.50. The maximum Gasteiger partial charge on any atom is 0.240 e. The average Bonchev–Trinajstić information content (AvgIpc) is 2.89. The molecule has 0 saturated heterocycles. The highest BCUT2D eigenvalue weighted by Crippen LogP contribution is 2.40. The SMILES string of the molecule is CCC1(CNS(=O)(=O)c2ccc(N)c(Br)c2)CCCC1. The molecule has 0 spiro atoms. The number of rotatable bonds is 5. The number of nitrogens with one attached hydrogen (secondary N) is 1. The summed E-state index contributed by atoms with van der Waals surface area (Å²) in [5.41, 5.74) is 6.36. The molecular formula is C14H21BrN2O2S. The Bertz CT molecular complexity index is 581. The van der Waals surface area contributed by atoms with E-state index in [-0.39, 0.29) is 10.3 Å². The summed E-state index contributed by atoms with van der Waals surface area (Å²) in [5, 5.41) is 0. The quantitative estimate of drug-likeness (QED) is 0.791. The molecule has 3 N–H and O–H groups in total. The van der Waals surface area contributed by atoms with Gasteiger partial charge in [0.25, 0.3) is 0 Å². The lowest BCUT2D eigenvalue weighted by Crippen LogP contribution is -2.35. The molecule has 1 aromatic carbocycles. The number of hydrogen-bond donors (Lipinski definition) is 2. The number of nitrogens with two attached hydrogens (primary N) is 1. The van der Waals surface area contributed by atoms with E-state index in [4.69, 9.17) is 5.73 Å². The zero-order chi connectivity index (χ0) is 14.8. The summed E-state index contributed by atoms with van der Waals surface area (Å²) < 4.78 is 28.0. The molecular weight excluding hydrogens is 340 g/mol. The van der Waals surface area contributed by atoms with Crippen LogP contribution in [0.4, 0.5) is 5.69 Å². The van der Waals surface area contributed by atoms with E-state index in [1.54, 1.807) is 12.1 Å². The summed E-state index contributed by atoms with van der Waals surface area (Å²) in [6, 6.07) is 4.68. The van der Waals surface area contributed by atoms with Crippen LogP contribution in [0, 0.1) is 5.41 Å². The highest BCUT2D eigenvalue weighted by Gasteiger charge is 2.33. The highest BCUT2D eigenvalue weighted by atomic mass is 79.9. The van der Waals surface area contributed by atoms with E-state index < -0.39 is 10.0 Å². The Kier molecular flexibility index (Phi) is 4.76. The molecule has 0 bridgehead atoms. The lowest BCUT2D eigenvalue weighted by molar-refractivity contribution is 0.285. The molecule has 0 aliphatic heterocycles. The van der Waals surface area contributed by atoms with Gasteiger partial charge in [0.2, 0.25) is 10.0 Å². The molecule has 0 aromatic heterocycles. The summed E-state index contributed by atoms with van der Waals surface area (Å²) in [5.74, 6) is 0. The zero-order valence-electron chi connectivity index (χ0n) is 11.7. The lowest BCUT2D eigenvalue weighted by atomic mass is 9.84. The molecule has 1 saturated carbocycles. The van der Waals surface area contributed by atoms with Gasteiger partial charge in [-0.2, -0.15) is 0 Å². The Labute approximate surface area is 129 Å². The van der Waals surface area contributed by atoms with Gasteiger partial charge in [-0.05, 0) is 58.8 Å². The summed E-state index contributed by atoms with van der Waals surface area (Å²) in [6.07, 6.45) is 5.63. The van der Waals surface area contributed by atoms with Crippen LogP contribution in [0.15, 0.2) is 27.6 Å². The van der Waals surface area contributed by atoms with Crippen LogP contribution in [-0.2, 0) is 10.0 Å². The van der Waals surface area contributed by atoms with E-state index in [0.29, 0.717) is 16.7 Å². The van der Waals surface area contributed by atoms with Crippen molar-refractivity contribution in [3.63, 3.8) is 0 Å². The van der Waals surface area contributed by atoms with Crippen molar-refractivity contribution in [2.75, 3.05) is 12.3 Å². The molecule has 4 nitrogen and oxygen atoms in total. The Morgan fingerprint density at radius 2 is 2.00 bits per heavy atom. The molecule has 0 radical (unpaired) electrons. The first kappa shape index (κ1) is 15.8. The number of sulfonamides is 1. The Morgan fingerprint density at radius 1 is 1.35 bits per heavy atom. The molecule has 0 atom stereocenters. The van der Waals surface area contributed by atoms with Crippen LogP contribution in [-0.4, -0.2) is 15.0 Å². The predicted molar refractivity (Wildman–Crippen MR) is 84.9 cm³/mol. The zero-order valence-corrected chi connectivity index (χ0v) is 14.1. The summed E-state index contributed by atoms with van der Waals surface area (Å²) in [4.78, 5) is 0.253. The standard InChI is InChI=1S/C14H21BrN2O2S/c1-2-14(7-3-4-8-14)10-17-20(18,19)11-5-6-13(16)12(15)9-11/h5-6,9,17H,2-4,7-8,10,16H2,1H3. The lowest BCUT2D eigenvalue weighted by Gasteiger charge is -2.27. The third-order valence-electron chi connectivity index (χ3n) is 4.33. The third kappa shape index (κ3) is 3.35. The summed E-state index contributed by atoms with van der Waals surface area (Å²) in [7, 11) is -3.47. The van der Waals surface area contributed by atoms with Crippen molar-refractivity contribution in [3.05, 3.63) is 22.7 Å². The van der Waals surface area contributed by atoms with Crippen molar-refractivity contribution >= 4 is 31.6 Å². The van der Waals surface area contributed by atoms with Crippen LogP contribution in [0.1, 0.15) is 39.0 Å². The van der Waals surface area contributed by atoms with E-state index in [1.165, 1.54) is 18.9 Å². The third-order valence-corrected chi connectivity index (χ3v) is 6.42. The number of benzene rings is 1. The minimum absolute atomic E-state index is 0.137. The van der Waals surface area contributed by atoms with E-state index >= 15 is 0 Å². The van der Waals surface area contributed by atoms with Crippen LogP contribution in [0.2, 0.25) is 0 Å². The van der Waals surface area contributed by atoms with Crippen molar-refractivity contribution in [2.24, 2.45) is 5.41 Å². The Balaban J connectivity index is 2.13. The van der Waals surface area contributed by atoms with Crippen molar-refractivity contribution in [3.8, 4) is 0 Å². The Morgan fingerprint density at radius 3 is 2.55 bits per heavy atom. The first-order chi connectivity index (χ1) is 9.38. The second-order valence-corrected chi connectivity index (χ2v) is 8.19. The molecule has 6 heteroatoms. The maximum atomic E-state index is 12.3. The molecule has 1 aliphatic carbocycles. The van der Waals surface area contributed by atoms with E-state index in [1.807, 2.05) is 0 Å². The molecule has 1 fully saturated rings. The van der Waals surface area contributed by atoms with Crippen molar-refractivity contribution in [1.29, 1.82) is 0 Å². The van der Waals surface area contributed by atoms with E-state index in [0.717, 1.165) is 19.3 Å². The average molecular weight is 361 g/mol. The second-order valence-electron chi connectivity index (χ2n) is 5.57. The van der Waals surface area contributed by atoms with Gasteiger partial charge in [-0.1, -0.05) is 19.8 Å². The molecule has 2 rings (SSSR count). The van der Waals surface area contributed by atoms with Crippen LogP contribution in [0.3, 0.4) is 0 Å². The monoisotopic (exact) mass is 360 g/mol. The van der Waals surface area contributed by atoms with Crippen molar-refractivity contribution in [2.45, 2.75) is 43.9 Å². The normalized spacial score (nSPS) is 18.3. The van der Waals surface area contributed by atoms with Gasteiger partial charge in [0, 0.05) is 16.7 Å². The van der Waals surface area contributed by atoms with Crippen LogP contribution >= 0.6 is 15.9 Å². The molecule has 1 aliphatic rings. The Hall–Kier alpha value is -0.590. The number of anilines is 1. The summed E-state index contributed by atoms with van der Waals surface area (Å²) >= 11 is 3.26. The van der Waals surface area contributed by atoms with Crippen LogP contribution in [0.5, 0.6) is 0 Å². The van der Waals surface area contributed by atoms with E-state index in [2.05, 4.69) is 27.6 Å². The number of nitrogen functional groups attached to an aromatic ring is 1. The van der Waals surface area contributed by atoms with Gasteiger partial charge >= 0.3 is 0 Å². The van der Waals surface area contributed by atoms with Gasteiger partial charge in [0.15, 0.2) is 0 Å². The van der Waals surface area contributed by atoms with Crippen LogP contribution in [0.25, 0.3) is 0 Å². The molecule has 1 aromatic rings. The maximum absolute atomic E-state index is 12.3. The number of hydrogen-bond acceptors (Lipinski definition) is 3. The van der Waals surface area contributed by atoms with Gasteiger partial charge in [-0.3, -0.25) is 0 Å².